The van der Waals surface area contributed by atoms with Gasteiger partial charge in [-0.1, -0.05) is 301 Å². The monoisotopic (exact) mass is 1620 g/mol. The number of hydrogen-bond acceptors (Lipinski definition) is 6. The van der Waals surface area contributed by atoms with E-state index in [1.54, 1.807) is 0 Å². The molecule has 2 aromatic heterocycles. The third-order valence-corrected chi connectivity index (χ3v) is 31.4. The Bertz CT molecular complexity index is 7830. The lowest BCUT2D eigenvalue weighted by Crippen LogP contribution is -2.62. The van der Waals surface area contributed by atoms with Crippen molar-refractivity contribution in [3.8, 4) is 77.9 Å². The van der Waals surface area contributed by atoms with Crippen molar-refractivity contribution in [2.75, 3.05) is 19.4 Å². The SMILES string of the molecule is CC1(C)CCC(C)(C)c2cc3c(cc21)N1c2c(cccc2C3(C)C)B2c3c(cc4c(oc5ccccc54)c31)-c1ccccc1N2c1cc(-c2ccccc2)cc(-c2cccc(-c3ccc4c(c3)oc3c5c6c(cc34)-c3cc(-c4ccccc4)ccc3N(c3cccc(-c4ccccc4)c3)B6c3cccc4c3N5c3cc5c(cc3C4(C)C)C(C)(C)CCC5(C)C)c2)c1. The minimum absolute atomic E-state index is 0.00142. The number of hydrogen-bond donors (Lipinski definition) is 0. The van der Waals surface area contributed by atoms with E-state index >= 15 is 0 Å². The molecular formula is C118H96B2N4O2. The van der Waals surface area contributed by atoms with E-state index in [0.29, 0.717) is 0 Å². The Morgan fingerprint density at radius 1 is 0.238 bits per heavy atom. The average Bonchev–Trinajstić information content (AvgIpc) is 1.64. The van der Waals surface area contributed by atoms with Crippen molar-refractivity contribution in [3.05, 3.63) is 360 Å². The highest BCUT2D eigenvalue weighted by Gasteiger charge is 2.55. The van der Waals surface area contributed by atoms with Gasteiger partial charge in [-0.15, -0.1) is 0 Å². The fourth-order valence-corrected chi connectivity index (χ4v) is 24.5. The van der Waals surface area contributed by atoms with Gasteiger partial charge in [-0.05, 0) is 278 Å². The Kier molecular flexibility index (Phi) is 15.0. The summed E-state index contributed by atoms with van der Waals surface area (Å²) in [6, 6.07) is 121. The summed E-state index contributed by atoms with van der Waals surface area (Å²) in [4.78, 5) is 10.8. The number of para-hydroxylation sites is 4. The van der Waals surface area contributed by atoms with Crippen LogP contribution in [0.25, 0.3) is 122 Å². The van der Waals surface area contributed by atoms with Gasteiger partial charge in [-0.25, -0.2) is 0 Å². The molecule has 0 bridgehead atoms. The molecule has 0 radical (unpaired) electrons. The van der Waals surface area contributed by atoms with Crippen LogP contribution < -0.4 is 41.3 Å². The molecule has 606 valence electrons. The van der Waals surface area contributed by atoms with Crippen molar-refractivity contribution < 1.29 is 8.83 Å². The lowest BCUT2D eigenvalue weighted by Gasteiger charge is -2.51. The summed E-state index contributed by atoms with van der Waals surface area (Å²) in [6.45, 7) is 29.2. The van der Waals surface area contributed by atoms with Gasteiger partial charge in [-0.2, -0.15) is 0 Å². The third-order valence-electron chi connectivity index (χ3n) is 31.4. The largest absolute Gasteiger partial charge is 0.454 e. The van der Waals surface area contributed by atoms with Crippen LogP contribution in [0.2, 0.25) is 0 Å². The Hall–Kier alpha value is -13.6. The minimum atomic E-state index is -0.365. The fraction of sp³-hybridized carbons (Fsp3) is 0.186. The molecule has 0 unspecified atom stereocenters. The second-order valence-corrected chi connectivity index (χ2v) is 41.1. The lowest BCUT2D eigenvalue weighted by atomic mass is 9.42. The molecule has 8 heterocycles. The highest BCUT2D eigenvalue weighted by molar-refractivity contribution is 6.95. The number of benzene rings is 16. The van der Waals surface area contributed by atoms with Gasteiger partial charge in [0, 0.05) is 77.6 Å². The number of furan rings is 2. The second-order valence-electron chi connectivity index (χ2n) is 41.1. The Morgan fingerprint density at radius 3 is 1.21 bits per heavy atom. The predicted octanol–water partition coefficient (Wildman–Crippen LogP) is 29.2. The number of nitrogens with zero attached hydrogens (tertiary/aromatic N) is 4. The second kappa shape index (κ2) is 25.6. The molecule has 0 saturated heterocycles. The highest BCUT2D eigenvalue weighted by atomic mass is 16.3. The maximum absolute atomic E-state index is 7.98. The molecule has 0 amide bonds. The first-order chi connectivity index (χ1) is 61.0. The summed E-state index contributed by atoms with van der Waals surface area (Å²) < 4.78 is 15.4. The molecule has 6 nitrogen and oxygen atoms in total. The predicted molar refractivity (Wildman–Crippen MR) is 530 cm³/mol. The van der Waals surface area contributed by atoms with Crippen molar-refractivity contribution >= 4 is 136 Å². The van der Waals surface area contributed by atoms with Crippen LogP contribution in [0.5, 0.6) is 0 Å². The number of anilines is 10. The zero-order valence-corrected chi connectivity index (χ0v) is 73.6. The highest BCUT2D eigenvalue weighted by Crippen LogP contribution is 2.64. The van der Waals surface area contributed by atoms with Gasteiger partial charge in [0.15, 0.2) is 11.2 Å². The molecule has 18 aromatic rings. The first kappa shape index (κ1) is 73.9. The van der Waals surface area contributed by atoms with Gasteiger partial charge in [0.2, 0.25) is 0 Å². The van der Waals surface area contributed by atoms with Crippen molar-refractivity contribution in [3.63, 3.8) is 0 Å². The summed E-state index contributed by atoms with van der Waals surface area (Å²) in [5, 5.41) is 4.44. The van der Waals surface area contributed by atoms with E-state index < -0.39 is 0 Å². The van der Waals surface area contributed by atoms with Crippen molar-refractivity contribution in [1.29, 1.82) is 0 Å². The van der Waals surface area contributed by atoms with E-state index in [0.717, 1.165) is 126 Å². The molecule has 2 aliphatic carbocycles. The van der Waals surface area contributed by atoms with Crippen LogP contribution in [0, 0.1) is 0 Å². The van der Waals surface area contributed by atoms with Crippen molar-refractivity contribution in [1.82, 2.24) is 0 Å². The summed E-state index contributed by atoms with van der Waals surface area (Å²) in [5.41, 5.74) is 47.2. The molecule has 6 aliphatic heterocycles. The fourth-order valence-electron chi connectivity index (χ4n) is 24.5. The quantitative estimate of drug-likeness (QED) is 0.148. The van der Waals surface area contributed by atoms with Crippen LogP contribution >= 0.6 is 0 Å². The van der Waals surface area contributed by atoms with E-state index in [1.165, 1.54) is 145 Å². The number of rotatable bonds is 7. The molecule has 0 N–H and O–H groups in total. The summed E-state index contributed by atoms with van der Waals surface area (Å²) in [5.74, 6) is 0. The normalized spacial score (nSPS) is 17.0. The van der Waals surface area contributed by atoms with Crippen molar-refractivity contribution in [2.24, 2.45) is 0 Å². The number of fused-ring (bicyclic) bond motifs is 22. The van der Waals surface area contributed by atoms with Gasteiger partial charge in [0.1, 0.15) is 11.2 Å². The summed E-state index contributed by atoms with van der Waals surface area (Å²) in [6.07, 6.45) is 4.51. The molecule has 8 aliphatic rings. The van der Waals surface area contributed by atoms with E-state index in [4.69, 9.17) is 8.83 Å². The Morgan fingerprint density at radius 2 is 0.635 bits per heavy atom. The average molecular weight is 1620 g/mol. The molecule has 8 heteroatoms. The topological polar surface area (TPSA) is 39.2 Å². The molecule has 0 spiro atoms. The van der Waals surface area contributed by atoms with Crippen molar-refractivity contribution in [2.45, 2.75) is 141 Å². The maximum atomic E-state index is 7.98. The van der Waals surface area contributed by atoms with E-state index in [9.17, 15) is 0 Å². The van der Waals surface area contributed by atoms with Gasteiger partial charge in [-0.3, -0.25) is 0 Å². The smallest absolute Gasteiger partial charge is 0.333 e. The van der Waals surface area contributed by atoms with Gasteiger partial charge >= 0.3 is 13.7 Å². The molecule has 0 atom stereocenters. The first-order valence-electron chi connectivity index (χ1n) is 45.6. The first-order valence-corrected chi connectivity index (χ1v) is 45.6. The molecule has 26 rings (SSSR count). The van der Waals surface area contributed by atoms with Crippen LogP contribution in [0.4, 0.5) is 56.9 Å². The maximum Gasteiger partial charge on any atom is 0.333 e. The van der Waals surface area contributed by atoms with Crippen LogP contribution in [0.1, 0.15) is 153 Å². The molecular weight excluding hydrogens is 1530 g/mol. The minimum Gasteiger partial charge on any atom is -0.454 e. The molecule has 0 saturated carbocycles. The van der Waals surface area contributed by atoms with Crippen LogP contribution in [-0.2, 0) is 32.5 Å². The zero-order valence-electron chi connectivity index (χ0n) is 73.6. The summed E-state index contributed by atoms with van der Waals surface area (Å²) in [7, 11) is 0. The lowest BCUT2D eigenvalue weighted by molar-refractivity contribution is 0.331. The van der Waals surface area contributed by atoms with Gasteiger partial charge < -0.3 is 28.3 Å². The third kappa shape index (κ3) is 10.2. The summed E-state index contributed by atoms with van der Waals surface area (Å²) >= 11 is 0. The van der Waals surface area contributed by atoms with E-state index in [1.807, 2.05) is 0 Å². The van der Waals surface area contributed by atoms with Crippen LogP contribution in [-0.4, -0.2) is 13.7 Å². The Labute approximate surface area is 738 Å². The standard InChI is InChI=1S/C118H96B2N4O2/c1-113(2)52-54-115(5,6)93-67-101-95(65-91(93)113)118(11,12)90-43-29-45-98-108(90)121(101)109-105-85(63-87-82-41-23-25-47-103(82)125-111(87)109)81-40-22-24-46-99(81)124(120(98)105)80-59-77(71-34-20-15-21-35-71)57-78(60-80)73-37-26-36-72(56-73)76-48-50-83-88-64-86-84-61-75(70-32-18-14-19-33-70)49-51-100(84)123(79-39-27-38-74(58-79)69-30-16-13-17-31-69)119-97-44-28-42-89-107(97)122(110(106(86)119)112(88)126-104(83)62-76)102-68-94-92(66-96(102)117(89,9)10)114(3,4)53-55-116(94,7)8/h13-51,56-68H,52-55H2,1-12H3. The van der Waals surface area contributed by atoms with E-state index in [-0.39, 0.29) is 46.2 Å². The zero-order chi connectivity index (χ0) is 84.9. The van der Waals surface area contributed by atoms with Crippen LogP contribution in [0.15, 0.2) is 324 Å². The molecule has 16 aromatic carbocycles. The molecule has 126 heavy (non-hydrogen) atoms. The Balaban J connectivity index is 0.677. The van der Waals surface area contributed by atoms with E-state index in [2.05, 4.69) is 418 Å². The molecule has 0 fully saturated rings. The van der Waals surface area contributed by atoms with Crippen LogP contribution in [0.3, 0.4) is 0 Å². The van der Waals surface area contributed by atoms with Gasteiger partial charge in [0.25, 0.3) is 0 Å². The van der Waals surface area contributed by atoms with Gasteiger partial charge in [0.05, 0.1) is 22.7 Å².